The number of hydrogen-bond donors (Lipinski definition) is 0. The van der Waals surface area contributed by atoms with Crippen LogP contribution in [-0.4, -0.2) is 4.98 Å². The number of benzene rings is 3. The normalized spacial score (nSPS) is 25.9. The van der Waals surface area contributed by atoms with E-state index in [1.54, 1.807) is 0 Å². The Morgan fingerprint density at radius 3 is 2.49 bits per heavy atom. The second kappa shape index (κ2) is 8.15. The highest BCUT2D eigenvalue weighted by atomic mass is 14.7. The van der Waals surface area contributed by atoms with Gasteiger partial charge in [-0.25, -0.2) is 0 Å². The Morgan fingerprint density at radius 2 is 1.70 bits per heavy atom. The lowest BCUT2D eigenvalue weighted by atomic mass is 9.52. The molecule has 2 heterocycles. The molecule has 8 rings (SSSR count). The molecule has 0 radical (unpaired) electrons. The van der Waals surface area contributed by atoms with Crippen LogP contribution in [0.4, 0.5) is 0 Å². The van der Waals surface area contributed by atoms with Gasteiger partial charge < -0.3 is 0 Å². The summed E-state index contributed by atoms with van der Waals surface area (Å²) in [6, 6.07) is 22.3. The summed E-state index contributed by atoms with van der Waals surface area (Å²) in [5.41, 5.74) is 7.72. The topological polar surface area (TPSA) is 12.9 Å². The highest BCUT2D eigenvalue weighted by Gasteiger charge is 2.54. The zero-order chi connectivity index (χ0) is 25.2. The average molecular weight is 480 g/mol. The van der Waals surface area contributed by atoms with Gasteiger partial charge in [-0.2, -0.15) is 0 Å². The molecule has 1 nitrogen and oxygen atoms in total. The predicted octanol–water partition coefficient (Wildman–Crippen LogP) is 9.54. The summed E-state index contributed by atoms with van der Waals surface area (Å²) >= 11 is 0. The zero-order valence-electron chi connectivity index (χ0n) is 22.0. The van der Waals surface area contributed by atoms with Crippen molar-refractivity contribution in [3.63, 3.8) is 0 Å². The van der Waals surface area contributed by atoms with Gasteiger partial charge in [-0.1, -0.05) is 112 Å². The van der Waals surface area contributed by atoms with Crippen LogP contribution in [0.3, 0.4) is 0 Å². The van der Waals surface area contributed by atoms with Gasteiger partial charge in [0.15, 0.2) is 0 Å². The largest absolute Gasteiger partial charge is 0.256 e. The number of aromatic nitrogens is 1. The Labute approximate surface area is 219 Å². The van der Waals surface area contributed by atoms with Crippen LogP contribution in [-0.2, 0) is 5.41 Å². The fraction of sp³-hybridized carbons (Fsp3) is 0.250. The molecular formula is C36H33N. The van der Waals surface area contributed by atoms with Crippen molar-refractivity contribution in [1.29, 1.82) is 0 Å². The van der Waals surface area contributed by atoms with Crippen LogP contribution in [0.15, 0.2) is 97.2 Å². The number of pyridine rings is 1. The number of hydrogen-bond acceptors (Lipinski definition) is 1. The maximum absolute atomic E-state index is 5.24. The summed E-state index contributed by atoms with van der Waals surface area (Å²) in [5, 5.41) is 5.33. The summed E-state index contributed by atoms with van der Waals surface area (Å²) in [5.74, 6) is 0.303. The van der Waals surface area contributed by atoms with E-state index >= 15 is 0 Å². The molecule has 182 valence electrons. The highest BCUT2D eigenvalue weighted by Crippen LogP contribution is 2.63. The van der Waals surface area contributed by atoms with E-state index in [0.717, 1.165) is 25.0 Å². The van der Waals surface area contributed by atoms with Gasteiger partial charge in [0.25, 0.3) is 0 Å². The second-order valence-corrected chi connectivity index (χ2v) is 11.1. The molecule has 3 atom stereocenters. The van der Waals surface area contributed by atoms with Gasteiger partial charge in [-0.3, -0.25) is 4.98 Å². The third-order valence-electron chi connectivity index (χ3n) is 9.53. The number of rotatable bonds is 4. The maximum Gasteiger partial charge on any atom is 0.0677 e. The Kier molecular flexibility index (Phi) is 4.95. The van der Waals surface area contributed by atoms with Gasteiger partial charge in [0.05, 0.1) is 5.69 Å². The zero-order valence-corrected chi connectivity index (χ0v) is 22.0. The molecule has 4 bridgehead atoms. The molecule has 0 fully saturated rings. The maximum atomic E-state index is 5.24. The molecule has 3 aromatic carbocycles. The molecule has 4 aliphatic rings. The molecule has 0 spiro atoms. The molecule has 1 aliphatic heterocycles. The molecule has 0 saturated carbocycles. The smallest absolute Gasteiger partial charge is 0.0677 e. The molecule has 0 saturated heterocycles. The Bertz CT molecular complexity index is 1680. The van der Waals surface area contributed by atoms with Crippen LogP contribution in [0, 0.1) is 11.3 Å². The fourth-order valence-electron chi connectivity index (χ4n) is 7.73. The Morgan fingerprint density at radius 1 is 0.919 bits per heavy atom. The highest BCUT2D eigenvalue weighted by molar-refractivity contribution is 6.15. The first kappa shape index (κ1) is 22.5. The lowest BCUT2D eigenvalue weighted by molar-refractivity contribution is 0.185. The summed E-state index contributed by atoms with van der Waals surface area (Å²) < 4.78 is 0. The predicted molar refractivity (Wildman–Crippen MR) is 158 cm³/mol. The van der Waals surface area contributed by atoms with Crippen molar-refractivity contribution in [3.05, 3.63) is 120 Å². The van der Waals surface area contributed by atoms with Gasteiger partial charge >= 0.3 is 0 Å². The van der Waals surface area contributed by atoms with Crippen LogP contribution in [0.5, 0.6) is 0 Å². The van der Waals surface area contributed by atoms with Crippen LogP contribution in [0.25, 0.3) is 38.8 Å². The van der Waals surface area contributed by atoms with Gasteiger partial charge in [0, 0.05) is 28.3 Å². The third kappa shape index (κ3) is 2.89. The van der Waals surface area contributed by atoms with Crippen LogP contribution in [0.2, 0.25) is 0 Å². The number of fused-ring (bicyclic) bond motifs is 3. The van der Waals surface area contributed by atoms with Crippen molar-refractivity contribution in [2.24, 2.45) is 11.3 Å². The van der Waals surface area contributed by atoms with Crippen LogP contribution >= 0.6 is 0 Å². The van der Waals surface area contributed by atoms with Crippen molar-refractivity contribution in [2.45, 2.75) is 45.4 Å². The van der Waals surface area contributed by atoms with E-state index in [2.05, 4.69) is 124 Å². The van der Waals surface area contributed by atoms with E-state index in [0.29, 0.717) is 5.92 Å². The van der Waals surface area contributed by atoms with Gasteiger partial charge in [0.1, 0.15) is 0 Å². The summed E-state index contributed by atoms with van der Waals surface area (Å²) in [7, 11) is 0. The lowest BCUT2D eigenvalue weighted by Crippen LogP contribution is -2.46. The van der Waals surface area contributed by atoms with E-state index in [1.165, 1.54) is 49.4 Å². The quantitative estimate of drug-likeness (QED) is 0.210. The summed E-state index contributed by atoms with van der Waals surface area (Å²) in [6.07, 6.45) is 20.0. The Balaban J connectivity index is 1.71. The van der Waals surface area contributed by atoms with E-state index in [9.17, 15) is 0 Å². The standard InChI is InChI=1S/C36H33N/c1-4-6-20-35(3)31-18-12-17-25(24-13-8-7-9-14-24)33(31)32-22-29-27-16-11-10-15-26(27)28-19-21-36(35,5-2)34(28)30(29)23-37-32/h6-17,19-23,31H,4-5,18H2,1-3H3. The van der Waals surface area contributed by atoms with Gasteiger partial charge in [-0.15, -0.1) is 0 Å². The van der Waals surface area contributed by atoms with E-state index in [-0.39, 0.29) is 10.8 Å². The third-order valence-corrected chi connectivity index (χ3v) is 9.53. The number of nitrogens with zero attached hydrogens (tertiary/aromatic N) is 1. The monoisotopic (exact) mass is 479 g/mol. The summed E-state index contributed by atoms with van der Waals surface area (Å²) in [4.78, 5) is 5.24. The van der Waals surface area contributed by atoms with Crippen molar-refractivity contribution >= 4 is 38.8 Å². The van der Waals surface area contributed by atoms with Crippen molar-refractivity contribution in [3.8, 4) is 0 Å². The van der Waals surface area contributed by atoms with E-state index in [1.807, 2.05) is 0 Å². The van der Waals surface area contributed by atoms with Crippen LogP contribution in [0.1, 0.15) is 62.4 Å². The SMILES string of the molecule is CCC=CC1(C)C2CC=CC(c3ccccc3)=C2c2cc3c(cn2)c2c(c4ccccc43)C=CC21CC. The molecular weight excluding hydrogens is 446 g/mol. The first-order valence-electron chi connectivity index (χ1n) is 13.8. The minimum absolute atomic E-state index is 0.120. The molecule has 4 aromatic rings. The lowest BCUT2D eigenvalue weighted by Gasteiger charge is -2.50. The minimum atomic E-state index is -0.120. The molecule has 0 amide bonds. The second-order valence-electron chi connectivity index (χ2n) is 11.1. The first-order chi connectivity index (χ1) is 18.1. The fourth-order valence-corrected chi connectivity index (χ4v) is 7.73. The van der Waals surface area contributed by atoms with Crippen molar-refractivity contribution in [1.82, 2.24) is 4.98 Å². The van der Waals surface area contributed by atoms with E-state index < -0.39 is 0 Å². The van der Waals surface area contributed by atoms with Crippen molar-refractivity contribution in [2.75, 3.05) is 0 Å². The molecule has 1 aromatic heterocycles. The first-order valence-corrected chi connectivity index (χ1v) is 13.8. The summed E-state index contributed by atoms with van der Waals surface area (Å²) in [6.45, 7) is 7.17. The molecule has 0 N–H and O–H groups in total. The van der Waals surface area contributed by atoms with Crippen molar-refractivity contribution < 1.29 is 0 Å². The van der Waals surface area contributed by atoms with Gasteiger partial charge in [0.2, 0.25) is 0 Å². The van der Waals surface area contributed by atoms with E-state index in [4.69, 9.17) is 4.98 Å². The Hall–Kier alpha value is -3.71. The number of allylic oxidation sites excluding steroid dienone is 7. The minimum Gasteiger partial charge on any atom is -0.256 e. The molecule has 3 aliphatic carbocycles. The van der Waals surface area contributed by atoms with Gasteiger partial charge in [-0.05, 0) is 69.3 Å². The average Bonchev–Trinajstić information content (AvgIpc) is 3.38. The van der Waals surface area contributed by atoms with Crippen LogP contribution < -0.4 is 0 Å². The molecule has 1 heteroatoms. The molecule has 37 heavy (non-hydrogen) atoms. The molecule has 3 unspecified atom stereocenters.